The molecular formula is C85H138BClN9O31P4. The average molecular weight is 1950 g/mol. The van der Waals surface area contributed by atoms with Gasteiger partial charge in [-0.15, -0.1) is 11.6 Å². The number of nitro benzene ring substituents is 3. The van der Waals surface area contributed by atoms with Gasteiger partial charge in [0, 0.05) is 153 Å². The van der Waals surface area contributed by atoms with Gasteiger partial charge in [-0.3, -0.25) is 83.7 Å². The maximum atomic E-state index is 14.0. The third-order valence-corrected chi connectivity index (χ3v) is 30.9. The van der Waals surface area contributed by atoms with Gasteiger partial charge in [-0.05, 0) is 232 Å². The molecule has 5 aromatic carbocycles. The summed E-state index contributed by atoms with van der Waals surface area (Å²) in [5.41, 5.74) is 21.1. The second-order valence-corrected chi connectivity index (χ2v) is 40.0. The number of hydrogen-bond acceptors (Lipinski definition) is 34. The van der Waals surface area contributed by atoms with E-state index in [4.69, 9.17) is 99.7 Å². The molecule has 0 saturated heterocycles. The first-order chi connectivity index (χ1) is 61.3. The van der Waals surface area contributed by atoms with E-state index in [1.807, 2.05) is 106 Å². The van der Waals surface area contributed by atoms with Crippen molar-refractivity contribution in [3.05, 3.63) is 214 Å². The fourth-order valence-corrected chi connectivity index (χ4v) is 22.2. The summed E-state index contributed by atoms with van der Waals surface area (Å²) >= 11 is 4.82. The van der Waals surface area contributed by atoms with E-state index in [-0.39, 0.29) is 79.7 Å². The van der Waals surface area contributed by atoms with Gasteiger partial charge in [0.05, 0.1) is 64.1 Å². The first-order valence-electron chi connectivity index (χ1n) is 42.2. The van der Waals surface area contributed by atoms with Crippen molar-refractivity contribution < 1.29 is 118 Å². The molecule has 0 aliphatic rings. The number of nitrogen functional groups attached to an aromatic ring is 2. The molecule has 6 N–H and O–H groups in total. The van der Waals surface area contributed by atoms with Crippen molar-refractivity contribution in [2.45, 2.75) is 198 Å². The number of nitrogens with zero attached hydrogens (tertiary/aromatic N) is 6. The van der Waals surface area contributed by atoms with Gasteiger partial charge >= 0.3 is 0 Å². The van der Waals surface area contributed by atoms with Crippen LogP contribution in [0.1, 0.15) is 195 Å². The number of halogens is 1. The molecule has 40 nitrogen and oxygen atoms in total. The van der Waals surface area contributed by atoms with Crippen LogP contribution in [0.25, 0.3) is 6.08 Å². The van der Waals surface area contributed by atoms with Crippen LogP contribution in [-0.4, -0.2) is 208 Å². The lowest BCUT2D eigenvalue weighted by atomic mass is 9.73. The minimum atomic E-state index is -3.73. The molecule has 0 bridgehead atoms. The Balaban J connectivity index is -0.00000151. The summed E-state index contributed by atoms with van der Waals surface area (Å²) in [4.78, 5) is 89.0. The Morgan fingerprint density at radius 2 is 0.733 bits per heavy atom. The van der Waals surface area contributed by atoms with Gasteiger partial charge in [0.15, 0.2) is 20.6 Å². The van der Waals surface area contributed by atoms with E-state index >= 15 is 0 Å². The van der Waals surface area contributed by atoms with Crippen LogP contribution in [0.2, 0.25) is 6.32 Å². The van der Waals surface area contributed by atoms with Crippen LogP contribution in [0.15, 0.2) is 97.2 Å². The normalized spacial score (nSPS) is 13.7. The Labute approximate surface area is 775 Å². The topological polar surface area (TPSA) is 567 Å². The highest BCUT2D eigenvalue weighted by Gasteiger charge is 2.53. The predicted molar refractivity (Wildman–Crippen MR) is 511 cm³/mol. The Hall–Kier alpha value is -8.40. The summed E-state index contributed by atoms with van der Waals surface area (Å²) < 4.78 is 121. The largest absolute Gasteiger partial charge is 0.399 e. The van der Waals surface area contributed by atoms with Gasteiger partial charge in [-0.2, -0.15) is 0 Å². The zero-order valence-corrected chi connectivity index (χ0v) is 84.1. The average Bonchev–Trinajstić information content (AvgIpc) is 0.736. The van der Waals surface area contributed by atoms with E-state index in [9.17, 15) is 78.4 Å². The molecule has 0 aromatic heterocycles. The summed E-state index contributed by atoms with van der Waals surface area (Å²) in [5, 5.41) is 62.1. The van der Waals surface area contributed by atoms with E-state index in [0.29, 0.717) is 118 Å². The molecule has 0 aliphatic carbocycles. The quantitative estimate of drug-likeness (QED) is 0.00374. The monoisotopic (exact) mass is 1950 g/mol. The molecule has 131 heavy (non-hydrogen) atoms. The van der Waals surface area contributed by atoms with Gasteiger partial charge in [0.2, 0.25) is 34.9 Å². The molecule has 0 aliphatic heterocycles. The highest BCUT2D eigenvalue weighted by Crippen LogP contribution is 2.65. The molecule has 739 valence electrons. The molecule has 5 aromatic rings. The van der Waals surface area contributed by atoms with E-state index < -0.39 is 93.6 Å². The predicted octanol–water partition coefficient (Wildman–Crippen LogP) is 19.3. The molecular weight excluding hydrogens is 1810 g/mol. The maximum Gasteiger partial charge on any atom is 0.270 e. The second kappa shape index (κ2) is 65.3. The van der Waals surface area contributed by atoms with Gasteiger partial charge in [-0.25, -0.2) is 0 Å². The highest BCUT2D eigenvalue weighted by molar-refractivity contribution is 7.61. The lowest BCUT2D eigenvalue weighted by molar-refractivity contribution is -0.482. The second-order valence-electron chi connectivity index (χ2n) is 28.5. The van der Waals surface area contributed by atoms with Crippen molar-refractivity contribution in [3.8, 4) is 0 Å². The van der Waals surface area contributed by atoms with Gasteiger partial charge in [0.25, 0.3) is 46.5 Å². The Bertz CT molecular complexity index is 4550. The molecule has 0 amide bonds. The number of anilines is 2. The van der Waals surface area contributed by atoms with Crippen molar-refractivity contribution in [2.75, 3.05) is 142 Å². The first kappa shape index (κ1) is 127. The molecule has 7 atom stereocenters. The molecule has 46 heteroatoms. The van der Waals surface area contributed by atoms with Gasteiger partial charge < -0.3 is 82.8 Å². The summed E-state index contributed by atoms with van der Waals surface area (Å²) in [6.45, 7) is 42.4. The Kier molecular flexibility index (Phi) is 63.2. The Morgan fingerprint density at radius 3 is 1.04 bits per heavy atom. The summed E-state index contributed by atoms with van der Waals surface area (Å²) in [5.74, 6) is -1.05. The van der Waals surface area contributed by atoms with Gasteiger partial charge in [-0.1, -0.05) is 43.1 Å². The number of benzene rings is 5. The van der Waals surface area contributed by atoms with E-state index in [1.165, 1.54) is 55.5 Å². The number of carbonyl (C=O) groups is 3. The summed E-state index contributed by atoms with van der Waals surface area (Å²) in [6.07, 6.45) is 5.49. The van der Waals surface area contributed by atoms with Crippen LogP contribution in [0.4, 0.5) is 28.4 Å². The fraction of sp³-hybridized carbons (Fsp3) is 0.588. The smallest absolute Gasteiger partial charge is 0.270 e. The molecule has 0 saturated carbocycles. The lowest BCUT2D eigenvalue weighted by Gasteiger charge is -2.38. The van der Waals surface area contributed by atoms with Crippen molar-refractivity contribution in [3.63, 3.8) is 0 Å². The van der Waals surface area contributed by atoms with Crippen LogP contribution in [-0.2, 0) is 83.8 Å². The number of nitro groups is 6. The minimum Gasteiger partial charge on any atom is -0.399 e. The third kappa shape index (κ3) is 44.1. The third-order valence-electron chi connectivity index (χ3n) is 19.0. The number of alkyl halides is 1. The lowest BCUT2D eigenvalue weighted by Crippen LogP contribution is -2.36. The van der Waals surface area contributed by atoms with Crippen LogP contribution in [0, 0.1) is 95.3 Å². The maximum absolute atomic E-state index is 14.0. The van der Waals surface area contributed by atoms with E-state index in [1.54, 1.807) is 95.3 Å². The molecule has 0 fully saturated rings. The Morgan fingerprint density at radius 1 is 0.435 bits per heavy atom. The van der Waals surface area contributed by atoms with E-state index in [0.717, 1.165) is 52.8 Å². The number of non-ortho nitro benzene ring substituents is 3. The van der Waals surface area contributed by atoms with Crippen LogP contribution in [0.3, 0.4) is 0 Å². The number of rotatable bonds is 51. The first-order valence-corrected chi connectivity index (χ1v) is 50.3. The number of aldehydes is 2. The van der Waals surface area contributed by atoms with Crippen LogP contribution >= 0.6 is 41.1 Å². The highest BCUT2D eigenvalue weighted by atomic mass is 35.5. The number of hydrogen-bond donors (Lipinski definition) is 3. The molecule has 0 heterocycles. The van der Waals surface area contributed by atoms with Crippen molar-refractivity contribution in [2.24, 2.45) is 5.73 Å². The van der Waals surface area contributed by atoms with Crippen LogP contribution in [0.5, 0.6) is 0 Å². The minimum absolute atomic E-state index is 0.0531. The molecule has 1 radical (unpaired) electrons. The number of ether oxygens (including phenoxy) is 8. The zero-order valence-electron chi connectivity index (χ0n) is 79.7. The zero-order chi connectivity index (χ0) is 101. The van der Waals surface area contributed by atoms with Crippen molar-refractivity contribution in [1.29, 1.82) is 0 Å². The van der Waals surface area contributed by atoms with Crippen molar-refractivity contribution in [1.82, 2.24) is 0 Å². The molecule has 7 unspecified atom stereocenters. The summed E-state index contributed by atoms with van der Waals surface area (Å²) in [7, 11) is -10.8. The number of carbonyl (C=O) groups excluding carboxylic acids is 3. The standard InChI is InChI=1S/C20H34BNO5P.C18H29N2O8P.C18H33N2O4P.C9H8N2O4.C9H21O4P.C8H7NO3.C2H3ClO.CH3NO2/c1-6-25-20(5,26-7-2)28(24,27-8-3)14-17(11-12-21-15-23)19-13-18(22)10-9-16(19)4;1-6-26-18(5,27-7-2)29(25,28-8-3)13-15(12-19(21)22)17-11-16(20(23)24)10-9-14(17)4;1-6-22-18(5,23-7-2)25(21,24-8-3)13-15(12-19)17-11-16(20)10-9-14(17)4;1-7-2-3-9(11(14)15)6-8(7)4-5-10(12)13;1-6-11-9(4,12-7-2)14(5,10)13-8-3;1-6-2-3-8(9(11)12)4-7(6)5-10;3-1-2-4;1-2(3)4/h9-10,13,15,17H,6-8,11-12,14,22H2,1-5H3;9-11,15H,6-8,12-13H2,1-5H3;9-11,15H,6-8,12-13,19-20H2,1-5H3;2-6H,1H3;6-8H2,1-5H3;2-5H,1H3;2H,1H2;1H3/b;;;5-4+;;;;. The van der Waals surface area contributed by atoms with Gasteiger partial charge in [0.1, 0.15) is 6.29 Å². The molecule has 0 spiro atoms. The SMILES string of the molecule is CCOC(C)(OCC)P(=O)(CC(CC[B]C=O)c1cc(N)ccc1C)OCC.CCOC(C)(OCC)P(=O)(CC(CN)c1cc(N)ccc1C)OCC.CCOC(C)(OCC)P(=O)(CC(C[N+](=O)[O-])c1cc([N+](=O)[O-])ccc1C)OCC.CCOC(C)(OCC)P(C)(=O)OCC.C[N+](=O)[O-].Cc1ccc([N+](=O)[O-])cc1/C=C/[N+](=O)[O-].Cc1ccc([N+](=O)[O-])cc1C=O.O=CCCl. The van der Waals surface area contributed by atoms with Crippen molar-refractivity contribution >= 4 is 102 Å². The fourth-order valence-electron chi connectivity index (χ4n) is 12.8. The van der Waals surface area contributed by atoms with Crippen LogP contribution < -0.4 is 17.2 Å². The van der Waals surface area contributed by atoms with E-state index in [2.05, 4.69) is 0 Å². The molecule has 5 rings (SSSR count). The number of aryl methyl sites for hydroxylation is 5. The number of nitrogens with two attached hydrogens (primary N) is 3. The summed E-state index contributed by atoms with van der Waals surface area (Å²) in [6, 6.07) is 24.0.